The first-order valence-corrected chi connectivity index (χ1v) is 7.83. The molecule has 0 saturated carbocycles. The summed E-state index contributed by atoms with van der Waals surface area (Å²) in [6.45, 7) is -0.395. The Hall–Kier alpha value is -3.95. The molecule has 0 radical (unpaired) electrons. The largest absolute Gasteiger partial charge is 0.484 e. The first kappa shape index (κ1) is 20.4. The number of carbonyl (C=O) groups excluding carboxylic acids is 3. The van der Waals surface area contributed by atoms with Gasteiger partial charge < -0.3 is 19.5 Å². The number of ether oxygens (including phenoxy) is 3. The van der Waals surface area contributed by atoms with Gasteiger partial charge in [0.15, 0.2) is 6.61 Å². The zero-order valence-electron chi connectivity index (χ0n) is 15.0. The highest BCUT2D eigenvalue weighted by Gasteiger charge is 2.15. The number of nitrogens with zero attached hydrogens (tertiary/aromatic N) is 1. The summed E-state index contributed by atoms with van der Waals surface area (Å²) in [6.07, 6.45) is 0. The van der Waals surface area contributed by atoms with Gasteiger partial charge in [0, 0.05) is 17.8 Å². The molecule has 0 fully saturated rings. The van der Waals surface area contributed by atoms with Crippen molar-refractivity contribution in [3.8, 4) is 5.75 Å². The fourth-order valence-corrected chi connectivity index (χ4v) is 2.18. The number of hydrogen-bond donors (Lipinski definition) is 1. The van der Waals surface area contributed by atoms with Crippen LogP contribution in [0, 0.1) is 10.1 Å². The summed E-state index contributed by atoms with van der Waals surface area (Å²) in [7, 11) is 2.37. The van der Waals surface area contributed by atoms with Crippen molar-refractivity contribution in [1.29, 1.82) is 0 Å². The normalized spacial score (nSPS) is 9.93. The van der Waals surface area contributed by atoms with Gasteiger partial charge >= 0.3 is 11.9 Å². The van der Waals surface area contributed by atoms with Gasteiger partial charge in [0.2, 0.25) is 0 Å². The number of rotatable bonds is 7. The second kappa shape index (κ2) is 9.12. The third-order valence-electron chi connectivity index (χ3n) is 3.48. The molecule has 0 heterocycles. The van der Waals surface area contributed by atoms with Crippen LogP contribution in [0.3, 0.4) is 0 Å². The van der Waals surface area contributed by atoms with Crippen molar-refractivity contribution in [3.63, 3.8) is 0 Å². The highest BCUT2D eigenvalue weighted by Crippen LogP contribution is 2.19. The molecule has 0 aliphatic rings. The van der Waals surface area contributed by atoms with Crippen LogP contribution >= 0.6 is 0 Å². The SMILES string of the molecule is COC(=O)c1cc(NC(=O)COc2ccc([N+](=O)[O-])cc2)cc(C(=O)OC)c1. The highest BCUT2D eigenvalue weighted by molar-refractivity contribution is 5.99. The molecule has 2 rings (SSSR count). The first-order chi connectivity index (χ1) is 13.3. The monoisotopic (exact) mass is 388 g/mol. The van der Waals surface area contributed by atoms with E-state index in [1.54, 1.807) is 0 Å². The summed E-state index contributed by atoms with van der Waals surface area (Å²) in [6, 6.07) is 9.16. The first-order valence-electron chi connectivity index (χ1n) is 7.83. The lowest BCUT2D eigenvalue weighted by Gasteiger charge is -2.10. The lowest BCUT2D eigenvalue weighted by Crippen LogP contribution is -2.21. The van der Waals surface area contributed by atoms with Crippen LogP contribution in [0.15, 0.2) is 42.5 Å². The fraction of sp³-hybridized carbons (Fsp3) is 0.167. The Labute approximate surface area is 159 Å². The number of nitrogens with one attached hydrogen (secondary N) is 1. The van der Waals surface area contributed by atoms with Crippen LogP contribution in [-0.2, 0) is 14.3 Å². The number of anilines is 1. The summed E-state index contributed by atoms with van der Waals surface area (Å²) in [5.74, 6) is -1.69. The molecule has 0 spiro atoms. The number of benzene rings is 2. The Balaban J connectivity index is 2.08. The van der Waals surface area contributed by atoms with Crippen LogP contribution in [0.4, 0.5) is 11.4 Å². The van der Waals surface area contributed by atoms with E-state index in [4.69, 9.17) is 4.74 Å². The molecule has 0 atom stereocenters. The molecule has 10 heteroatoms. The molecular weight excluding hydrogens is 372 g/mol. The number of carbonyl (C=O) groups is 3. The molecule has 2 aromatic carbocycles. The summed E-state index contributed by atoms with van der Waals surface area (Å²) in [5, 5.41) is 13.1. The zero-order chi connectivity index (χ0) is 20.7. The van der Waals surface area contributed by atoms with Gasteiger partial charge in [0.05, 0.1) is 30.3 Å². The topological polar surface area (TPSA) is 134 Å². The number of hydrogen-bond acceptors (Lipinski definition) is 8. The second-order valence-corrected chi connectivity index (χ2v) is 5.37. The molecule has 0 aromatic heterocycles. The minimum atomic E-state index is -0.691. The quantitative estimate of drug-likeness (QED) is 0.433. The average Bonchev–Trinajstić information content (AvgIpc) is 2.70. The molecule has 2 aromatic rings. The van der Waals surface area contributed by atoms with E-state index < -0.39 is 29.4 Å². The molecular formula is C18H16N2O8. The van der Waals surface area contributed by atoms with Crippen molar-refractivity contribution >= 4 is 29.2 Å². The van der Waals surface area contributed by atoms with E-state index in [0.717, 1.165) is 0 Å². The summed E-state index contributed by atoms with van der Waals surface area (Å²) in [4.78, 5) is 45.6. The van der Waals surface area contributed by atoms with Gasteiger partial charge in [-0.15, -0.1) is 0 Å². The molecule has 10 nitrogen and oxygen atoms in total. The van der Waals surface area contributed by atoms with E-state index in [9.17, 15) is 24.5 Å². The highest BCUT2D eigenvalue weighted by atomic mass is 16.6. The minimum absolute atomic E-state index is 0.0528. The molecule has 0 aliphatic carbocycles. The van der Waals surface area contributed by atoms with Crippen molar-refractivity contribution in [3.05, 3.63) is 63.7 Å². The Morgan fingerprint density at radius 1 is 0.964 bits per heavy atom. The Kier molecular flexibility index (Phi) is 6.63. The molecule has 0 bridgehead atoms. The van der Waals surface area contributed by atoms with Crippen LogP contribution in [0.1, 0.15) is 20.7 Å². The molecule has 146 valence electrons. The van der Waals surface area contributed by atoms with Crippen LogP contribution in [-0.4, -0.2) is 43.6 Å². The van der Waals surface area contributed by atoms with Crippen molar-refractivity contribution < 1.29 is 33.5 Å². The van der Waals surface area contributed by atoms with Crippen molar-refractivity contribution in [2.75, 3.05) is 26.1 Å². The fourth-order valence-electron chi connectivity index (χ4n) is 2.18. The van der Waals surface area contributed by atoms with E-state index in [0.29, 0.717) is 0 Å². The van der Waals surface area contributed by atoms with E-state index in [2.05, 4.69) is 14.8 Å². The van der Waals surface area contributed by atoms with Crippen molar-refractivity contribution in [2.45, 2.75) is 0 Å². The number of amides is 1. The lowest BCUT2D eigenvalue weighted by atomic mass is 10.1. The number of esters is 2. The second-order valence-electron chi connectivity index (χ2n) is 5.37. The summed E-state index contributed by atoms with van der Waals surface area (Å²) in [5.41, 5.74) is 0.168. The van der Waals surface area contributed by atoms with Gasteiger partial charge in [-0.2, -0.15) is 0 Å². The third-order valence-corrected chi connectivity index (χ3v) is 3.48. The van der Waals surface area contributed by atoms with E-state index >= 15 is 0 Å². The van der Waals surface area contributed by atoms with Crippen molar-refractivity contribution in [2.24, 2.45) is 0 Å². The standard InChI is InChI=1S/C18H16N2O8/c1-26-17(22)11-7-12(18(23)27-2)9-13(8-11)19-16(21)10-28-15-5-3-14(4-6-15)20(24)25/h3-9H,10H2,1-2H3,(H,19,21). The van der Waals surface area contributed by atoms with Crippen LogP contribution < -0.4 is 10.1 Å². The number of methoxy groups -OCH3 is 2. The maximum Gasteiger partial charge on any atom is 0.337 e. The molecule has 1 amide bonds. The third kappa shape index (κ3) is 5.27. The summed E-state index contributed by atoms with van der Waals surface area (Å²) < 4.78 is 14.5. The van der Waals surface area contributed by atoms with Gasteiger partial charge in [-0.05, 0) is 30.3 Å². The van der Waals surface area contributed by atoms with Crippen LogP contribution in [0.5, 0.6) is 5.75 Å². The predicted molar refractivity (Wildman–Crippen MR) is 96.3 cm³/mol. The number of non-ortho nitro benzene ring substituents is 1. The van der Waals surface area contributed by atoms with Gasteiger partial charge in [-0.3, -0.25) is 14.9 Å². The maximum absolute atomic E-state index is 12.1. The Morgan fingerprint density at radius 2 is 1.50 bits per heavy atom. The maximum atomic E-state index is 12.1. The molecule has 1 N–H and O–H groups in total. The summed E-state index contributed by atoms with van der Waals surface area (Å²) >= 11 is 0. The number of nitro groups is 1. The average molecular weight is 388 g/mol. The molecule has 28 heavy (non-hydrogen) atoms. The smallest absolute Gasteiger partial charge is 0.337 e. The van der Waals surface area contributed by atoms with E-state index in [1.807, 2.05) is 0 Å². The zero-order valence-corrected chi connectivity index (χ0v) is 15.0. The molecule has 0 aliphatic heterocycles. The van der Waals surface area contributed by atoms with Crippen LogP contribution in [0.2, 0.25) is 0 Å². The van der Waals surface area contributed by atoms with E-state index in [1.165, 1.54) is 56.7 Å². The minimum Gasteiger partial charge on any atom is -0.484 e. The Morgan fingerprint density at radius 3 is 1.96 bits per heavy atom. The van der Waals surface area contributed by atoms with Gasteiger partial charge in [-0.25, -0.2) is 9.59 Å². The van der Waals surface area contributed by atoms with Crippen molar-refractivity contribution in [1.82, 2.24) is 0 Å². The Bertz CT molecular complexity index is 874. The lowest BCUT2D eigenvalue weighted by molar-refractivity contribution is -0.384. The molecule has 0 saturated heterocycles. The van der Waals surface area contributed by atoms with Gasteiger partial charge in [-0.1, -0.05) is 0 Å². The van der Waals surface area contributed by atoms with Gasteiger partial charge in [0.25, 0.3) is 11.6 Å². The van der Waals surface area contributed by atoms with E-state index in [-0.39, 0.29) is 28.3 Å². The van der Waals surface area contributed by atoms with Gasteiger partial charge in [0.1, 0.15) is 5.75 Å². The molecule has 0 unspecified atom stereocenters. The predicted octanol–water partition coefficient (Wildman–Crippen LogP) is 2.19. The van der Waals surface area contributed by atoms with Crippen LogP contribution in [0.25, 0.3) is 0 Å². The number of nitro benzene ring substituents is 1.